The standard InChI is InChI=1S/C12H10F3N3O/c13-8-4-3-7(10(14)11(8)15)12-17-9(18-19-12)5-16-6-1-2-6/h3-4,6,16H,1-2,5H2. The van der Waals surface area contributed by atoms with Crippen molar-refractivity contribution in [3.63, 3.8) is 0 Å². The van der Waals surface area contributed by atoms with E-state index in [1.54, 1.807) is 0 Å². The molecule has 1 fully saturated rings. The van der Waals surface area contributed by atoms with Crippen LogP contribution >= 0.6 is 0 Å². The predicted molar refractivity (Wildman–Crippen MR) is 59.5 cm³/mol. The van der Waals surface area contributed by atoms with Gasteiger partial charge in [0.15, 0.2) is 23.3 Å². The van der Waals surface area contributed by atoms with Crippen molar-refractivity contribution in [1.29, 1.82) is 0 Å². The van der Waals surface area contributed by atoms with E-state index in [1.807, 2.05) is 0 Å². The van der Waals surface area contributed by atoms with Crippen molar-refractivity contribution in [2.24, 2.45) is 0 Å². The largest absolute Gasteiger partial charge is 0.334 e. The third-order valence-corrected chi connectivity index (χ3v) is 2.86. The minimum atomic E-state index is -1.55. The van der Waals surface area contributed by atoms with Crippen molar-refractivity contribution in [3.8, 4) is 11.5 Å². The Bertz CT molecular complexity index is 610. The normalized spacial score (nSPS) is 14.9. The van der Waals surface area contributed by atoms with E-state index in [1.165, 1.54) is 0 Å². The van der Waals surface area contributed by atoms with Crippen molar-refractivity contribution in [2.75, 3.05) is 0 Å². The Morgan fingerprint density at radius 1 is 1.21 bits per heavy atom. The quantitative estimate of drug-likeness (QED) is 0.866. The molecule has 7 heteroatoms. The van der Waals surface area contributed by atoms with Crippen LogP contribution in [0.4, 0.5) is 13.2 Å². The van der Waals surface area contributed by atoms with Crippen LogP contribution in [0.5, 0.6) is 0 Å². The summed E-state index contributed by atoms with van der Waals surface area (Å²) >= 11 is 0. The van der Waals surface area contributed by atoms with Gasteiger partial charge in [-0.15, -0.1) is 0 Å². The summed E-state index contributed by atoms with van der Waals surface area (Å²) in [5, 5.41) is 6.81. The van der Waals surface area contributed by atoms with Crippen molar-refractivity contribution in [1.82, 2.24) is 15.5 Å². The molecule has 3 rings (SSSR count). The van der Waals surface area contributed by atoms with Gasteiger partial charge >= 0.3 is 0 Å². The van der Waals surface area contributed by atoms with E-state index in [2.05, 4.69) is 15.5 Å². The summed E-state index contributed by atoms with van der Waals surface area (Å²) in [6, 6.07) is 2.36. The van der Waals surface area contributed by atoms with E-state index in [4.69, 9.17) is 4.52 Å². The highest BCUT2D eigenvalue weighted by atomic mass is 19.2. The van der Waals surface area contributed by atoms with Gasteiger partial charge in [-0.1, -0.05) is 5.16 Å². The number of benzene rings is 1. The highest BCUT2D eigenvalue weighted by Crippen LogP contribution is 2.24. The average molecular weight is 269 g/mol. The van der Waals surface area contributed by atoms with Gasteiger partial charge in [-0.05, 0) is 25.0 Å². The first-order chi connectivity index (χ1) is 9.15. The van der Waals surface area contributed by atoms with Crippen molar-refractivity contribution in [3.05, 3.63) is 35.4 Å². The number of nitrogens with one attached hydrogen (secondary N) is 1. The van der Waals surface area contributed by atoms with Gasteiger partial charge in [0, 0.05) is 6.04 Å². The Balaban J connectivity index is 1.83. The van der Waals surface area contributed by atoms with Crippen LogP contribution in [-0.4, -0.2) is 16.2 Å². The van der Waals surface area contributed by atoms with Gasteiger partial charge in [-0.3, -0.25) is 0 Å². The molecular formula is C12H10F3N3O. The van der Waals surface area contributed by atoms with E-state index >= 15 is 0 Å². The second-order valence-corrected chi connectivity index (χ2v) is 4.39. The van der Waals surface area contributed by atoms with Gasteiger partial charge in [-0.25, -0.2) is 13.2 Å². The maximum absolute atomic E-state index is 13.5. The fourth-order valence-electron chi connectivity index (χ4n) is 1.65. The summed E-state index contributed by atoms with van der Waals surface area (Å²) in [5.41, 5.74) is -0.246. The molecule has 0 atom stereocenters. The Labute approximate surface area is 106 Å². The molecule has 1 heterocycles. The van der Waals surface area contributed by atoms with Crippen LogP contribution < -0.4 is 5.32 Å². The van der Waals surface area contributed by atoms with Gasteiger partial charge in [-0.2, -0.15) is 4.98 Å². The second kappa shape index (κ2) is 4.65. The summed E-state index contributed by atoms with van der Waals surface area (Å²) in [5.74, 6) is -3.94. The lowest BCUT2D eigenvalue weighted by atomic mass is 10.2. The summed E-state index contributed by atoms with van der Waals surface area (Å²) in [7, 11) is 0. The van der Waals surface area contributed by atoms with Crippen LogP contribution in [0, 0.1) is 17.5 Å². The Hall–Kier alpha value is -1.89. The molecule has 1 N–H and O–H groups in total. The van der Waals surface area contributed by atoms with Gasteiger partial charge in [0.1, 0.15) is 0 Å². The number of hydrogen-bond donors (Lipinski definition) is 1. The van der Waals surface area contributed by atoms with Crippen LogP contribution in [-0.2, 0) is 6.54 Å². The van der Waals surface area contributed by atoms with E-state index < -0.39 is 17.5 Å². The molecule has 0 unspecified atom stereocenters. The van der Waals surface area contributed by atoms with E-state index in [9.17, 15) is 13.2 Å². The van der Waals surface area contributed by atoms with Gasteiger partial charge in [0.25, 0.3) is 5.89 Å². The third-order valence-electron chi connectivity index (χ3n) is 2.86. The minimum absolute atomic E-state index is 0.163. The van der Waals surface area contributed by atoms with Gasteiger partial charge in [0.2, 0.25) is 0 Å². The van der Waals surface area contributed by atoms with E-state index in [0.717, 1.165) is 25.0 Å². The molecule has 0 radical (unpaired) electrons. The lowest BCUT2D eigenvalue weighted by Gasteiger charge is -1.99. The number of aromatic nitrogens is 2. The van der Waals surface area contributed by atoms with Gasteiger partial charge < -0.3 is 9.84 Å². The van der Waals surface area contributed by atoms with Gasteiger partial charge in [0.05, 0.1) is 12.1 Å². The molecule has 0 saturated heterocycles. The van der Waals surface area contributed by atoms with Crippen LogP contribution in [0.3, 0.4) is 0 Å². The van der Waals surface area contributed by atoms with Crippen LogP contribution in [0.2, 0.25) is 0 Å². The molecule has 1 aliphatic carbocycles. The molecule has 0 spiro atoms. The molecule has 0 aliphatic heterocycles. The monoisotopic (exact) mass is 269 g/mol. The molecular weight excluding hydrogens is 259 g/mol. The maximum atomic E-state index is 13.5. The van der Waals surface area contributed by atoms with E-state index in [-0.39, 0.29) is 11.5 Å². The molecule has 0 bridgehead atoms. The van der Waals surface area contributed by atoms with Crippen LogP contribution in [0.1, 0.15) is 18.7 Å². The summed E-state index contributed by atoms with van der Waals surface area (Å²) < 4.78 is 44.3. The molecule has 19 heavy (non-hydrogen) atoms. The van der Waals surface area contributed by atoms with Crippen molar-refractivity contribution in [2.45, 2.75) is 25.4 Å². The SMILES string of the molecule is Fc1ccc(-c2nc(CNC3CC3)no2)c(F)c1F. The molecule has 4 nitrogen and oxygen atoms in total. The molecule has 1 aromatic heterocycles. The van der Waals surface area contributed by atoms with Crippen molar-refractivity contribution >= 4 is 0 Å². The smallest absolute Gasteiger partial charge is 0.261 e. The molecule has 2 aromatic rings. The number of halogens is 3. The fraction of sp³-hybridized carbons (Fsp3) is 0.333. The second-order valence-electron chi connectivity index (χ2n) is 4.39. The van der Waals surface area contributed by atoms with Crippen LogP contribution in [0.15, 0.2) is 16.7 Å². The molecule has 0 amide bonds. The first-order valence-corrected chi connectivity index (χ1v) is 5.85. The average Bonchev–Trinajstić information content (AvgIpc) is 3.12. The molecule has 1 saturated carbocycles. The minimum Gasteiger partial charge on any atom is -0.334 e. The van der Waals surface area contributed by atoms with E-state index in [0.29, 0.717) is 18.4 Å². The zero-order valence-electron chi connectivity index (χ0n) is 9.79. The number of hydrogen-bond acceptors (Lipinski definition) is 4. The zero-order chi connectivity index (χ0) is 13.4. The predicted octanol–water partition coefficient (Wildman–Crippen LogP) is 2.41. The first kappa shape index (κ1) is 12.2. The Morgan fingerprint density at radius 2 is 2.00 bits per heavy atom. The maximum Gasteiger partial charge on any atom is 0.261 e. The lowest BCUT2D eigenvalue weighted by molar-refractivity contribution is 0.411. The van der Waals surface area contributed by atoms with Crippen LogP contribution in [0.25, 0.3) is 11.5 Å². The number of rotatable bonds is 4. The Kier molecular flexibility index (Phi) is 2.98. The topological polar surface area (TPSA) is 51.0 Å². The first-order valence-electron chi connectivity index (χ1n) is 5.85. The van der Waals surface area contributed by atoms with Crippen molar-refractivity contribution < 1.29 is 17.7 Å². The molecule has 100 valence electrons. The number of nitrogens with zero attached hydrogens (tertiary/aromatic N) is 2. The zero-order valence-corrected chi connectivity index (χ0v) is 9.79. The third kappa shape index (κ3) is 2.46. The lowest BCUT2D eigenvalue weighted by Crippen LogP contribution is -2.16. The summed E-state index contributed by atoms with van der Waals surface area (Å²) in [6.07, 6.45) is 2.23. The Morgan fingerprint density at radius 3 is 2.74 bits per heavy atom. The molecule has 1 aliphatic rings. The summed E-state index contributed by atoms with van der Waals surface area (Å²) in [6.45, 7) is 0.402. The highest BCUT2D eigenvalue weighted by Gasteiger charge is 2.22. The highest BCUT2D eigenvalue weighted by molar-refractivity contribution is 5.53. The summed E-state index contributed by atoms with van der Waals surface area (Å²) in [4.78, 5) is 3.94. The fourth-order valence-corrected chi connectivity index (χ4v) is 1.65. The molecule has 1 aromatic carbocycles.